The zero-order chi connectivity index (χ0) is 22.9. The van der Waals surface area contributed by atoms with Crippen molar-refractivity contribution in [2.45, 2.75) is 30.6 Å². The minimum absolute atomic E-state index is 0.00510. The van der Waals surface area contributed by atoms with E-state index in [4.69, 9.17) is 15.7 Å². The number of hydrogen-bond acceptors (Lipinski definition) is 8. The Morgan fingerprint density at radius 2 is 1.53 bits per heavy atom. The smallest absolute Gasteiger partial charge is 0.299 e. The average Bonchev–Trinajstić information content (AvgIpc) is 2.60. The van der Waals surface area contributed by atoms with Crippen LogP contribution in [0.3, 0.4) is 0 Å². The summed E-state index contributed by atoms with van der Waals surface area (Å²) in [4.78, 5) is 11.6. The van der Waals surface area contributed by atoms with Gasteiger partial charge in [0.05, 0.1) is 17.9 Å². The lowest BCUT2D eigenvalue weighted by molar-refractivity contribution is 0.102. The van der Waals surface area contributed by atoms with E-state index in [1.54, 1.807) is 20.8 Å². The number of nitrogen functional groups attached to an aromatic ring is 2. The van der Waals surface area contributed by atoms with E-state index in [-0.39, 0.29) is 23.7 Å². The van der Waals surface area contributed by atoms with Crippen LogP contribution in [0.15, 0.2) is 46.2 Å². The second-order valence-electron chi connectivity index (χ2n) is 7.72. The van der Waals surface area contributed by atoms with Crippen LogP contribution in [0.25, 0.3) is 0 Å². The van der Waals surface area contributed by atoms with Crippen LogP contribution >= 0.6 is 0 Å². The van der Waals surface area contributed by atoms with Gasteiger partial charge >= 0.3 is 0 Å². The first kappa shape index (κ1) is 23.6. The maximum Gasteiger partial charge on any atom is 0.299 e. The molecule has 164 valence electrons. The van der Waals surface area contributed by atoms with Crippen LogP contribution in [0.1, 0.15) is 31.1 Å². The molecule has 0 bridgehead atoms. The number of amides is 1. The minimum Gasteiger partial charge on any atom is -0.399 e. The molecule has 0 atom stereocenters. The third kappa shape index (κ3) is 5.92. The van der Waals surface area contributed by atoms with Crippen LogP contribution in [-0.2, 0) is 24.4 Å². The monoisotopic (exact) mass is 457 g/mol. The van der Waals surface area contributed by atoms with Crippen molar-refractivity contribution < 1.29 is 30.4 Å². The van der Waals surface area contributed by atoms with E-state index < -0.39 is 46.9 Å². The van der Waals surface area contributed by atoms with Gasteiger partial charge in [-0.2, -0.15) is 16.8 Å². The molecule has 6 N–H and O–H groups in total. The summed E-state index contributed by atoms with van der Waals surface area (Å²) in [6.45, 7) is 5.22. The third-order valence-electron chi connectivity index (χ3n) is 3.70. The Balaban J connectivity index is 2.47. The molecule has 30 heavy (non-hydrogen) atoms. The van der Waals surface area contributed by atoms with Crippen LogP contribution in [-0.4, -0.2) is 33.9 Å². The lowest BCUT2D eigenvalue weighted by Crippen LogP contribution is -2.21. The van der Waals surface area contributed by atoms with E-state index in [1.165, 1.54) is 18.2 Å². The molecular formula is C18H23N3O7S2. The van der Waals surface area contributed by atoms with Gasteiger partial charge in [0, 0.05) is 11.4 Å². The topological polar surface area (TPSA) is 179 Å². The molecule has 0 aromatic heterocycles. The summed E-state index contributed by atoms with van der Waals surface area (Å²) < 4.78 is 63.0. The number of carbonyl (C=O) groups is 1. The summed E-state index contributed by atoms with van der Waals surface area (Å²) >= 11 is 0. The van der Waals surface area contributed by atoms with Gasteiger partial charge < -0.3 is 16.8 Å². The molecule has 0 aliphatic rings. The lowest BCUT2D eigenvalue weighted by atomic mass is 9.99. The number of benzene rings is 2. The van der Waals surface area contributed by atoms with Crippen LogP contribution in [0, 0.1) is 5.41 Å². The van der Waals surface area contributed by atoms with Gasteiger partial charge in [-0.05, 0) is 41.8 Å². The maximum atomic E-state index is 12.7. The van der Waals surface area contributed by atoms with Crippen LogP contribution in [0.5, 0.6) is 0 Å². The fraction of sp³-hybridized carbons (Fsp3) is 0.278. The molecule has 0 heterocycles. The van der Waals surface area contributed by atoms with Crippen LogP contribution < -0.4 is 16.8 Å². The Morgan fingerprint density at radius 1 is 1.00 bits per heavy atom. The second kappa shape index (κ2) is 8.22. The molecule has 0 aliphatic carbocycles. The summed E-state index contributed by atoms with van der Waals surface area (Å²) in [5.41, 5.74) is 10.3. The van der Waals surface area contributed by atoms with Gasteiger partial charge in [0.25, 0.3) is 26.1 Å². The molecule has 2 aromatic carbocycles. The summed E-state index contributed by atoms with van der Waals surface area (Å²) in [6, 6.07) is 6.97. The van der Waals surface area contributed by atoms with Gasteiger partial charge in [0.2, 0.25) is 0 Å². The van der Waals surface area contributed by atoms with Gasteiger partial charge in [-0.15, -0.1) is 0 Å². The van der Waals surface area contributed by atoms with Gasteiger partial charge in [-0.25, -0.2) is 0 Å². The predicted octanol–water partition coefficient (Wildman–Crippen LogP) is 2.10. The third-order valence-corrected chi connectivity index (χ3v) is 5.90. The van der Waals surface area contributed by atoms with Crippen molar-refractivity contribution in [1.82, 2.24) is 0 Å². The first-order valence-electron chi connectivity index (χ1n) is 8.57. The summed E-state index contributed by atoms with van der Waals surface area (Å²) in [7, 11) is -9.07. The van der Waals surface area contributed by atoms with Crippen molar-refractivity contribution in [2.75, 3.05) is 23.4 Å². The zero-order valence-corrected chi connectivity index (χ0v) is 18.2. The van der Waals surface area contributed by atoms with E-state index in [2.05, 4.69) is 5.32 Å². The highest BCUT2D eigenvalue weighted by Crippen LogP contribution is 2.29. The highest BCUT2D eigenvalue weighted by Gasteiger charge is 2.26. The fourth-order valence-corrected chi connectivity index (χ4v) is 4.32. The van der Waals surface area contributed by atoms with Gasteiger partial charge in [-0.1, -0.05) is 20.8 Å². The summed E-state index contributed by atoms with van der Waals surface area (Å²) in [6.07, 6.45) is 0. The van der Waals surface area contributed by atoms with Crippen molar-refractivity contribution in [3.63, 3.8) is 0 Å². The molecule has 12 heteroatoms. The second-order valence-corrected chi connectivity index (χ2v) is 10.7. The normalized spacial score (nSPS) is 12.5. The number of carbonyl (C=O) groups excluding carboxylic acids is 1. The first-order valence-corrected chi connectivity index (χ1v) is 11.4. The van der Waals surface area contributed by atoms with Gasteiger partial charge in [0.1, 0.15) is 9.79 Å². The van der Waals surface area contributed by atoms with Crippen LogP contribution in [0.4, 0.5) is 17.1 Å². The molecule has 2 rings (SSSR count). The zero-order valence-electron chi connectivity index (χ0n) is 16.5. The van der Waals surface area contributed by atoms with Gasteiger partial charge in [-0.3, -0.25) is 13.5 Å². The highest BCUT2D eigenvalue weighted by molar-refractivity contribution is 7.87. The van der Waals surface area contributed by atoms with E-state index >= 15 is 0 Å². The molecule has 0 spiro atoms. The first-order chi connectivity index (χ1) is 13.6. The molecule has 10 nitrogen and oxygen atoms in total. The molecule has 0 fully saturated rings. The number of nitrogens with two attached hydrogens (primary N) is 2. The van der Waals surface area contributed by atoms with E-state index in [0.29, 0.717) is 0 Å². The summed E-state index contributed by atoms with van der Waals surface area (Å²) in [5, 5.41) is 2.32. The SMILES string of the molecule is CC(C)(C)COS(=O)(=O)c1cc(N)ccc1NC(=O)c1ccc(N)cc1S(=O)(=O)O. The molecule has 0 unspecified atom stereocenters. The Morgan fingerprint density at radius 3 is 2.07 bits per heavy atom. The Bertz CT molecular complexity index is 1180. The summed E-state index contributed by atoms with van der Waals surface area (Å²) in [5.74, 6) is -0.986. The van der Waals surface area contributed by atoms with E-state index in [1.807, 2.05) is 0 Å². The van der Waals surface area contributed by atoms with Crippen LogP contribution in [0.2, 0.25) is 0 Å². The van der Waals surface area contributed by atoms with Crippen molar-refractivity contribution >= 4 is 43.2 Å². The van der Waals surface area contributed by atoms with Crippen molar-refractivity contribution in [2.24, 2.45) is 5.41 Å². The number of nitrogens with one attached hydrogen (secondary N) is 1. The molecule has 1 amide bonds. The lowest BCUT2D eigenvalue weighted by Gasteiger charge is -2.19. The average molecular weight is 458 g/mol. The predicted molar refractivity (Wildman–Crippen MR) is 112 cm³/mol. The Labute approximate surface area is 175 Å². The Hall–Kier alpha value is -2.67. The fourth-order valence-electron chi connectivity index (χ4n) is 2.30. The Kier molecular flexibility index (Phi) is 6.47. The maximum absolute atomic E-state index is 12.7. The number of rotatable bonds is 6. The van der Waals surface area contributed by atoms with E-state index in [9.17, 15) is 26.2 Å². The highest BCUT2D eigenvalue weighted by atomic mass is 32.2. The number of hydrogen-bond donors (Lipinski definition) is 4. The van der Waals surface area contributed by atoms with Crippen molar-refractivity contribution in [1.29, 1.82) is 0 Å². The van der Waals surface area contributed by atoms with Crippen molar-refractivity contribution in [3.8, 4) is 0 Å². The number of anilines is 3. The van der Waals surface area contributed by atoms with Crippen molar-refractivity contribution in [3.05, 3.63) is 42.0 Å². The quantitative estimate of drug-likeness (QED) is 0.287. The molecule has 2 aromatic rings. The molecule has 0 saturated carbocycles. The standard InChI is InChI=1S/C18H23N3O7S2/c1-18(2,3)10-28-30(26,27)16-9-12(20)5-7-14(16)21-17(22)13-6-4-11(19)8-15(13)29(23,24)25/h4-9H,10,19-20H2,1-3H3,(H,21,22)(H,23,24,25). The van der Waals surface area contributed by atoms with Gasteiger partial charge in [0.15, 0.2) is 0 Å². The molecule has 0 radical (unpaired) electrons. The minimum atomic E-state index is -4.77. The molecule has 0 saturated heterocycles. The molecular weight excluding hydrogens is 434 g/mol. The largest absolute Gasteiger partial charge is 0.399 e. The molecule has 0 aliphatic heterocycles. The van der Waals surface area contributed by atoms with E-state index in [0.717, 1.165) is 18.2 Å².